The maximum Gasteiger partial charge on any atom is 0.0543 e. The number of hydrogen-bond donors (Lipinski definition) is 0. The average Bonchev–Trinajstić information content (AvgIpc) is 3.44. The average molecular weight is 702 g/mol. The summed E-state index contributed by atoms with van der Waals surface area (Å²) < 4.78 is 0. The second kappa shape index (κ2) is 13.5. The molecule has 0 spiro atoms. The highest BCUT2D eigenvalue weighted by Gasteiger charge is 2.38. The molecule has 0 radical (unpaired) electrons. The number of anilines is 3. The SMILES string of the molecule is CC(C)(C)c1ccc(N(c2ccccc2-c2cccc3cccc(C4CCCCC4)c23)c2cccc3c2-c2ccccc2C3(C)C)c(-c2ccccc2)c1. The molecule has 268 valence electrons. The predicted octanol–water partition coefficient (Wildman–Crippen LogP) is 15.3. The second-order valence-corrected chi connectivity index (χ2v) is 17.2. The molecule has 0 saturated heterocycles. The minimum atomic E-state index is -0.115. The van der Waals surface area contributed by atoms with Crippen molar-refractivity contribution in [1.82, 2.24) is 0 Å². The first-order chi connectivity index (χ1) is 26.2. The molecule has 0 N–H and O–H groups in total. The second-order valence-electron chi connectivity index (χ2n) is 17.2. The van der Waals surface area contributed by atoms with Gasteiger partial charge in [0.15, 0.2) is 0 Å². The topological polar surface area (TPSA) is 3.24 Å². The maximum atomic E-state index is 2.60. The predicted molar refractivity (Wildman–Crippen MR) is 232 cm³/mol. The summed E-state index contributed by atoms with van der Waals surface area (Å²) in [5, 5.41) is 2.74. The van der Waals surface area contributed by atoms with Crippen LogP contribution in [0.5, 0.6) is 0 Å². The molecule has 0 heterocycles. The largest absolute Gasteiger partial charge is 0.309 e. The van der Waals surface area contributed by atoms with Gasteiger partial charge >= 0.3 is 0 Å². The van der Waals surface area contributed by atoms with E-state index in [1.807, 2.05) is 0 Å². The molecular weight excluding hydrogens is 651 g/mol. The van der Waals surface area contributed by atoms with Crippen LogP contribution in [-0.2, 0) is 10.8 Å². The standard InChI is InChI=1S/C53H51N/c1-52(2,3)39-33-34-48(44(35-39)37-21-10-7-11-22-37)54(49-32-18-30-46-51(49)43-26-12-14-29-45(43)53(46,4)5)47-31-15-13-25-41(47)42-28-17-24-38-23-16-27-40(50(38)42)36-19-8-6-9-20-36/h7,10-18,21-36H,6,8-9,19-20H2,1-5H3. The molecule has 0 amide bonds. The minimum Gasteiger partial charge on any atom is -0.309 e. The lowest BCUT2D eigenvalue weighted by Gasteiger charge is -2.33. The van der Waals surface area contributed by atoms with Crippen molar-refractivity contribution in [3.63, 3.8) is 0 Å². The first-order valence-electron chi connectivity index (χ1n) is 20.1. The summed E-state index contributed by atoms with van der Waals surface area (Å²) in [6, 6.07) is 57.4. The number of para-hydroxylation sites is 1. The van der Waals surface area contributed by atoms with Crippen molar-refractivity contribution in [1.29, 1.82) is 0 Å². The van der Waals surface area contributed by atoms with Crippen LogP contribution in [0, 0.1) is 0 Å². The van der Waals surface area contributed by atoms with Crippen molar-refractivity contribution in [3.05, 3.63) is 174 Å². The molecule has 9 rings (SSSR count). The normalized spacial score (nSPS) is 15.2. The van der Waals surface area contributed by atoms with Crippen LogP contribution in [0.15, 0.2) is 152 Å². The van der Waals surface area contributed by atoms with Gasteiger partial charge in [0.1, 0.15) is 0 Å². The Hall–Kier alpha value is -5.40. The molecule has 1 fully saturated rings. The van der Waals surface area contributed by atoms with E-state index in [0.29, 0.717) is 5.92 Å². The highest BCUT2D eigenvalue weighted by atomic mass is 15.2. The molecule has 0 unspecified atom stereocenters. The lowest BCUT2D eigenvalue weighted by Crippen LogP contribution is -2.17. The lowest BCUT2D eigenvalue weighted by atomic mass is 9.80. The Morgan fingerprint density at radius 1 is 0.519 bits per heavy atom. The molecule has 2 aliphatic rings. The molecule has 7 aromatic rings. The van der Waals surface area contributed by atoms with Gasteiger partial charge in [-0.05, 0) is 98.2 Å². The van der Waals surface area contributed by atoms with Crippen LogP contribution >= 0.6 is 0 Å². The van der Waals surface area contributed by atoms with E-state index in [1.165, 1.54) is 116 Å². The Bertz CT molecular complexity index is 2480. The quantitative estimate of drug-likeness (QED) is 0.167. The molecule has 0 aliphatic heterocycles. The molecule has 2 aliphatic carbocycles. The van der Waals surface area contributed by atoms with Gasteiger partial charge in [0.25, 0.3) is 0 Å². The number of rotatable bonds is 6. The third-order valence-corrected chi connectivity index (χ3v) is 12.4. The summed E-state index contributed by atoms with van der Waals surface area (Å²) in [6.45, 7) is 11.7. The summed E-state index contributed by atoms with van der Waals surface area (Å²) in [5.41, 5.74) is 16.8. The van der Waals surface area contributed by atoms with Gasteiger partial charge < -0.3 is 4.90 Å². The maximum absolute atomic E-state index is 2.60. The van der Waals surface area contributed by atoms with E-state index >= 15 is 0 Å². The Morgan fingerprint density at radius 2 is 1.13 bits per heavy atom. The van der Waals surface area contributed by atoms with E-state index in [-0.39, 0.29) is 10.8 Å². The number of hydrogen-bond acceptors (Lipinski definition) is 1. The third kappa shape index (κ3) is 5.77. The summed E-state index contributed by atoms with van der Waals surface area (Å²) >= 11 is 0. The number of nitrogens with zero attached hydrogens (tertiary/aromatic N) is 1. The van der Waals surface area contributed by atoms with Gasteiger partial charge in [-0.2, -0.15) is 0 Å². The van der Waals surface area contributed by atoms with E-state index in [1.54, 1.807) is 0 Å². The first-order valence-corrected chi connectivity index (χ1v) is 20.1. The van der Waals surface area contributed by atoms with Gasteiger partial charge in [0.2, 0.25) is 0 Å². The fourth-order valence-electron chi connectivity index (χ4n) is 9.60. The van der Waals surface area contributed by atoms with Gasteiger partial charge in [0.05, 0.1) is 17.1 Å². The van der Waals surface area contributed by atoms with Crippen LogP contribution in [0.3, 0.4) is 0 Å². The molecule has 7 aromatic carbocycles. The van der Waals surface area contributed by atoms with E-state index in [2.05, 4.69) is 191 Å². The van der Waals surface area contributed by atoms with Crippen LogP contribution in [0.25, 0.3) is 44.2 Å². The third-order valence-electron chi connectivity index (χ3n) is 12.4. The highest BCUT2D eigenvalue weighted by molar-refractivity contribution is 6.06. The molecule has 54 heavy (non-hydrogen) atoms. The van der Waals surface area contributed by atoms with Crippen LogP contribution in [0.1, 0.15) is 94.9 Å². The Labute approximate surface area is 322 Å². The van der Waals surface area contributed by atoms with E-state index in [4.69, 9.17) is 0 Å². The van der Waals surface area contributed by atoms with Gasteiger partial charge in [-0.25, -0.2) is 0 Å². The van der Waals surface area contributed by atoms with Crippen LogP contribution in [0.4, 0.5) is 17.1 Å². The van der Waals surface area contributed by atoms with E-state index in [0.717, 1.165) is 0 Å². The highest BCUT2D eigenvalue weighted by Crippen LogP contribution is 2.56. The Kier molecular flexibility index (Phi) is 8.57. The Morgan fingerprint density at radius 3 is 1.91 bits per heavy atom. The molecule has 1 nitrogen and oxygen atoms in total. The van der Waals surface area contributed by atoms with Crippen LogP contribution < -0.4 is 4.90 Å². The number of benzene rings is 7. The monoisotopic (exact) mass is 701 g/mol. The van der Waals surface area contributed by atoms with Gasteiger partial charge in [-0.1, -0.05) is 181 Å². The zero-order chi connectivity index (χ0) is 37.0. The van der Waals surface area contributed by atoms with E-state index < -0.39 is 0 Å². The van der Waals surface area contributed by atoms with Crippen molar-refractivity contribution in [2.45, 2.75) is 83.5 Å². The zero-order valence-electron chi connectivity index (χ0n) is 32.5. The smallest absolute Gasteiger partial charge is 0.0543 e. The molecular formula is C53H51N. The van der Waals surface area contributed by atoms with Crippen molar-refractivity contribution < 1.29 is 0 Å². The first kappa shape index (κ1) is 34.4. The number of fused-ring (bicyclic) bond motifs is 4. The molecule has 1 saturated carbocycles. The van der Waals surface area contributed by atoms with Crippen molar-refractivity contribution in [2.75, 3.05) is 4.90 Å². The van der Waals surface area contributed by atoms with Gasteiger partial charge in [0, 0.05) is 22.1 Å². The lowest BCUT2D eigenvalue weighted by molar-refractivity contribution is 0.445. The zero-order valence-corrected chi connectivity index (χ0v) is 32.5. The fraction of sp³-hybridized carbons (Fsp3) is 0.245. The summed E-state index contributed by atoms with van der Waals surface area (Å²) in [6.07, 6.45) is 6.53. The van der Waals surface area contributed by atoms with Crippen molar-refractivity contribution in [2.24, 2.45) is 0 Å². The van der Waals surface area contributed by atoms with Crippen molar-refractivity contribution >= 4 is 27.8 Å². The summed E-state index contributed by atoms with van der Waals surface area (Å²) in [4.78, 5) is 2.60. The summed E-state index contributed by atoms with van der Waals surface area (Å²) in [5.74, 6) is 0.595. The van der Waals surface area contributed by atoms with Gasteiger partial charge in [-0.15, -0.1) is 0 Å². The van der Waals surface area contributed by atoms with Crippen molar-refractivity contribution in [3.8, 4) is 33.4 Å². The van der Waals surface area contributed by atoms with Gasteiger partial charge in [-0.3, -0.25) is 0 Å². The molecule has 1 heteroatoms. The molecule has 0 aromatic heterocycles. The molecule has 0 bridgehead atoms. The van der Waals surface area contributed by atoms with Crippen LogP contribution in [0.2, 0.25) is 0 Å². The van der Waals surface area contributed by atoms with E-state index in [9.17, 15) is 0 Å². The molecule has 0 atom stereocenters. The van der Waals surface area contributed by atoms with Crippen LogP contribution in [-0.4, -0.2) is 0 Å². The minimum absolute atomic E-state index is 0.000228. The Balaban J connectivity index is 1.37. The summed E-state index contributed by atoms with van der Waals surface area (Å²) in [7, 11) is 0. The fourth-order valence-corrected chi connectivity index (χ4v) is 9.60.